The van der Waals surface area contributed by atoms with Gasteiger partial charge in [0.15, 0.2) is 0 Å². The predicted molar refractivity (Wildman–Crippen MR) is 135 cm³/mol. The minimum Gasteiger partial charge on any atom is -0.496 e. The van der Waals surface area contributed by atoms with E-state index in [-0.39, 0.29) is 12.5 Å². The lowest BCUT2D eigenvalue weighted by Crippen LogP contribution is -2.13. The van der Waals surface area contributed by atoms with Crippen LogP contribution >= 0.6 is 0 Å². The summed E-state index contributed by atoms with van der Waals surface area (Å²) in [7, 11) is 2.90. The molecule has 1 amide bonds. The van der Waals surface area contributed by atoms with Crippen molar-refractivity contribution in [3.63, 3.8) is 0 Å². The van der Waals surface area contributed by atoms with Gasteiger partial charge in [0.1, 0.15) is 18.1 Å². The highest BCUT2D eigenvalue weighted by molar-refractivity contribution is 6.04. The van der Waals surface area contributed by atoms with Gasteiger partial charge in [-0.1, -0.05) is 42.5 Å². The molecule has 0 fully saturated rings. The molecule has 0 unspecified atom stereocenters. The van der Waals surface area contributed by atoms with Crippen molar-refractivity contribution in [2.45, 2.75) is 6.61 Å². The van der Waals surface area contributed by atoms with Crippen molar-refractivity contribution in [2.75, 3.05) is 19.5 Å². The van der Waals surface area contributed by atoms with Gasteiger partial charge in [-0.3, -0.25) is 4.79 Å². The van der Waals surface area contributed by atoms with Gasteiger partial charge in [0.2, 0.25) is 0 Å². The van der Waals surface area contributed by atoms with E-state index < -0.39 is 5.97 Å². The topological polar surface area (TPSA) is 73.9 Å². The summed E-state index contributed by atoms with van der Waals surface area (Å²) in [5, 5.41) is 2.83. The first kappa shape index (κ1) is 23.6. The Morgan fingerprint density at radius 1 is 0.743 bits per heavy atom. The first-order chi connectivity index (χ1) is 17.1. The quantitative estimate of drug-likeness (QED) is 0.323. The molecule has 6 nitrogen and oxygen atoms in total. The van der Waals surface area contributed by atoms with Crippen LogP contribution in [0.25, 0.3) is 11.1 Å². The fourth-order valence-corrected chi connectivity index (χ4v) is 3.58. The molecular formula is C29H25NO5. The Morgan fingerprint density at radius 3 is 2.06 bits per heavy atom. The number of methoxy groups -OCH3 is 2. The monoisotopic (exact) mass is 467 g/mol. The zero-order chi connectivity index (χ0) is 24.6. The maximum atomic E-state index is 12.8. The molecule has 0 aliphatic carbocycles. The third-order valence-corrected chi connectivity index (χ3v) is 5.46. The highest BCUT2D eigenvalue weighted by atomic mass is 16.5. The number of carbonyl (C=O) groups excluding carboxylic acids is 2. The number of ether oxygens (including phenoxy) is 3. The van der Waals surface area contributed by atoms with Crippen LogP contribution in [0.15, 0.2) is 97.1 Å². The normalized spacial score (nSPS) is 10.3. The minimum atomic E-state index is -0.433. The number of esters is 1. The molecule has 0 heterocycles. The number of benzene rings is 4. The van der Waals surface area contributed by atoms with E-state index in [1.165, 1.54) is 7.11 Å². The maximum Gasteiger partial charge on any atom is 0.337 e. The molecular weight excluding hydrogens is 442 g/mol. The van der Waals surface area contributed by atoms with E-state index in [0.717, 1.165) is 16.7 Å². The van der Waals surface area contributed by atoms with Crippen LogP contribution in [0.3, 0.4) is 0 Å². The number of hydrogen-bond donors (Lipinski definition) is 1. The molecule has 0 aliphatic heterocycles. The Hall–Kier alpha value is -4.58. The molecule has 0 aliphatic rings. The van der Waals surface area contributed by atoms with E-state index in [1.54, 1.807) is 49.6 Å². The number of nitrogens with one attached hydrogen (secondary N) is 1. The lowest BCUT2D eigenvalue weighted by Gasteiger charge is -2.13. The molecule has 1 N–H and O–H groups in total. The average Bonchev–Trinajstić information content (AvgIpc) is 2.92. The van der Waals surface area contributed by atoms with Crippen LogP contribution in [0.2, 0.25) is 0 Å². The van der Waals surface area contributed by atoms with E-state index >= 15 is 0 Å². The second-order valence-corrected chi connectivity index (χ2v) is 7.73. The summed E-state index contributed by atoms with van der Waals surface area (Å²) in [6.07, 6.45) is 0. The molecule has 6 heteroatoms. The Balaban J connectivity index is 1.43. The van der Waals surface area contributed by atoms with Crippen molar-refractivity contribution >= 4 is 17.6 Å². The number of hydrogen-bond acceptors (Lipinski definition) is 5. The van der Waals surface area contributed by atoms with E-state index in [0.29, 0.717) is 28.3 Å². The Labute approximate surface area is 204 Å². The van der Waals surface area contributed by atoms with Gasteiger partial charge in [-0.2, -0.15) is 0 Å². The van der Waals surface area contributed by atoms with Gasteiger partial charge in [-0.15, -0.1) is 0 Å². The second-order valence-electron chi connectivity index (χ2n) is 7.73. The molecule has 35 heavy (non-hydrogen) atoms. The van der Waals surface area contributed by atoms with Crippen molar-refractivity contribution in [1.82, 2.24) is 0 Å². The molecule has 0 atom stereocenters. The Bertz CT molecular complexity index is 1300. The molecule has 0 saturated heterocycles. The fraction of sp³-hybridized carbons (Fsp3) is 0.103. The summed E-state index contributed by atoms with van der Waals surface area (Å²) in [6.45, 7) is 0.239. The van der Waals surface area contributed by atoms with Crippen molar-refractivity contribution in [1.29, 1.82) is 0 Å². The summed E-state index contributed by atoms with van der Waals surface area (Å²) in [6, 6.07) is 29.7. The first-order valence-electron chi connectivity index (χ1n) is 11.0. The second kappa shape index (κ2) is 11.0. The third kappa shape index (κ3) is 5.86. The van der Waals surface area contributed by atoms with Gasteiger partial charge in [0.05, 0.1) is 19.8 Å². The van der Waals surface area contributed by atoms with Crippen molar-refractivity contribution < 1.29 is 23.8 Å². The van der Waals surface area contributed by atoms with Crippen LogP contribution in [-0.4, -0.2) is 26.1 Å². The summed E-state index contributed by atoms with van der Waals surface area (Å²) in [4.78, 5) is 24.4. The molecule has 4 aromatic carbocycles. The highest BCUT2D eigenvalue weighted by Gasteiger charge is 2.12. The molecule has 176 valence electrons. The highest BCUT2D eigenvalue weighted by Crippen LogP contribution is 2.25. The van der Waals surface area contributed by atoms with E-state index in [1.807, 2.05) is 42.5 Å². The lowest BCUT2D eigenvalue weighted by molar-refractivity contribution is 0.0600. The van der Waals surface area contributed by atoms with Crippen LogP contribution in [0, 0.1) is 0 Å². The van der Waals surface area contributed by atoms with E-state index in [9.17, 15) is 9.59 Å². The van der Waals surface area contributed by atoms with E-state index in [4.69, 9.17) is 14.2 Å². The zero-order valence-electron chi connectivity index (χ0n) is 19.5. The summed E-state index contributed by atoms with van der Waals surface area (Å²) in [5.41, 5.74) is 4.42. The summed E-state index contributed by atoms with van der Waals surface area (Å²) in [5.74, 6) is 0.626. The number of anilines is 1. The molecule has 0 radical (unpaired) electrons. The number of carbonyl (C=O) groups is 2. The lowest BCUT2D eigenvalue weighted by atomic mass is 10.1. The van der Waals surface area contributed by atoms with Crippen LogP contribution < -0.4 is 14.8 Å². The Morgan fingerprint density at radius 2 is 1.40 bits per heavy atom. The van der Waals surface area contributed by atoms with E-state index in [2.05, 4.69) is 17.4 Å². The van der Waals surface area contributed by atoms with Gasteiger partial charge >= 0.3 is 5.97 Å². The molecule has 4 aromatic rings. The van der Waals surface area contributed by atoms with Crippen LogP contribution in [-0.2, 0) is 11.3 Å². The largest absolute Gasteiger partial charge is 0.496 e. The average molecular weight is 468 g/mol. The predicted octanol–water partition coefficient (Wildman–Crippen LogP) is 5.98. The van der Waals surface area contributed by atoms with Crippen LogP contribution in [0.1, 0.15) is 26.3 Å². The smallest absolute Gasteiger partial charge is 0.337 e. The number of rotatable bonds is 8. The van der Waals surface area contributed by atoms with Crippen molar-refractivity contribution in [3.8, 4) is 22.6 Å². The zero-order valence-corrected chi connectivity index (χ0v) is 19.5. The fourth-order valence-electron chi connectivity index (χ4n) is 3.58. The first-order valence-corrected chi connectivity index (χ1v) is 11.0. The van der Waals surface area contributed by atoms with Crippen molar-refractivity contribution in [3.05, 3.63) is 114 Å². The minimum absolute atomic E-state index is 0.239. The van der Waals surface area contributed by atoms with Crippen molar-refractivity contribution in [2.24, 2.45) is 0 Å². The SMILES string of the molecule is COC(=O)c1ccc(NC(=O)c2ccc(OC)c(COc3ccc(-c4ccccc4)cc3)c2)cc1. The summed E-state index contributed by atoms with van der Waals surface area (Å²) >= 11 is 0. The van der Waals surface area contributed by atoms with Gasteiger partial charge in [0, 0.05) is 16.8 Å². The third-order valence-electron chi connectivity index (χ3n) is 5.46. The van der Waals surface area contributed by atoms with Gasteiger partial charge in [-0.05, 0) is 65.7 Å². The molecule has 0 spiro atoms. The standard InChI is InChI=1S/C29H25NO5/c1-33-27-17-12-23(28(31)30-25-13-8-22(9-14-25)29(32)34-2)18-24(27)19-35-26-15-10-21(11-16-26)20-6-4-3-5-7-20/h3-18H,19H2,1-2H3,(H,30,31). The summed E-state index contributed by atoms with van der Waals surface area (Å²) < 4.78 is 16.1. The maximum absolute atomic E-state index is 12.8. The van der Waals surface area contributed by atoms with Crippen LogP contribution in [0.4, 0.5) is 5.69 Å². The Kier molecular flexibility index (Phi) is 7.43. The molecule has 4 rings (SSSR count). The number of amides is 1. The van der Waals surface area contributed by atoms with Gasteiger partial charge in [-0.25, -0.2) is 4.79 Å². The van der Waals surface area contributed by atoms with Crippen LogP contribution in [0.5, 0.6) is 11.5 Å². The molecule has 0 bridgehead atoms. The van der Waals surface area contributed by atoms with Gasteiger partial charge in [0.25, 0.3) is 5.91 Å². The molecule has 0 saturated carbocycles. The molecule has 0 aromatic heterocycles. The van der Waals surface area contributed by atoms with Gasteiger partial charge < -0.3 is 19.5 Å².